The van der Waals surface area contributed by atoms with Crippen LogP contribution in [0.25, 0.3) is 21.9 Å². The van der Waals surface area contributed by atoms with Crippen LogP contribution in [0, 0.1) is 34.4 Å². The number of anilines is 2. The Morgan fingerprint density at radius 2 is 2.03 bits per heavy atom. The van der Waals surface area contributed by atoms with Gasteiger partial charge in [0.15, 0.2) is 5.82 Å². The molecule has 0 unspecified atom stereocenters. The number of nitrogens with zero attached hydrogens (tertiary/aromatic N) is 7. The van der Waals surface area contributed by atoms with Crippen LogP contribution in [-0.2, 0) is 13.5 Å². The van der Waals surface area contributed by atoms with E-state index >= 15 is 4.39 Å². The van der Waals surface area contributed by atoms with Crippen molar-refractivity contribution in [2.45, 2.75) is 33.1 Å². The smallest absolute Gasteiger partial charge is 0.204 e. The summed E-state index contributed by atoms with van der Waals surface area (Å²) < 4.78 is 16.8. The SMILES string of the molecule is Cn1nnc2nc(N3CCCCc4c(C#CC(C)(C)C#N)cccc43)c3c(F)cncc3c21. The molecule has 164 valence electrons. The summed E-state index contributed by atoms with van der Waals surface area (Å²) in [5.74, 6) is 6.37. The van der Waals surface area contributed by atoms with E-state index in [1.165, 1.54) is 6.20 Å². The zero-order valence-electron chi connectivity index (χ0n) is 18.7. The summed E-state index contributed by atoms with van der Waals surface area (Å²) in [4.78, 5) is 10.9. The predicted octanol–water partition coefficient (Wildman–Crippen LogP) is 4.43. The lowest BCUT2D eigenvalue weighted by Gasteiger charge is -2.26. The molecule has 0 radical (unpaired) electrons. The molecule has 8 heteroatoms. The summed E-state index contributed by atoms with van der Waals surface area (Å²) in [6.07, 6.45) is 5.59. The van der Waals surface area contributed by atoms with Gasteiger partial charge in [-0.2, -0.15) is 5.26 Å². The van der Waals surface area contributed by atoms with Crippen molar-refractivity contribution in [2.24, 2.45) is 12.5 Å². The van der Waals surface area contributed by atoms with E-state index in [9.17, 15) is 5.26 Å². The van der Waals surface area contributed by atoms with Gasteiger partial charge in [-0.25, -0.2) is 14.1 Å². The third-order valence-corrected chi connectivity index (χ3v) is 5.94. The summed E-state index contributed by atoms with van der Waals surface area (Å²) in [7, 11) is 1.76. The van der Waals surface area contributed by atoms with Crippen LogP contribution < -0.4 is 4.90 Å². The van der Waals surface area contributed by atoms with Crippen LogP contribution in [0.5, 0.6) is 0 Å². The average Bonchev–Trinajstić information content (AvgIpc) is 3.05. The van der Waals surface area contributed by atoms with Gasteiger partial charge < -0.3 is 4.90 Å². The highest BCUT2D eigenvalue weighted by Gasteiger charge is 2.25. The fourth-order valence-electron chi connectivity index (χ4n) is 4.28. The topological polar surface area (TPSA) is 83.5 Å². The molecule has 7 nitrogen and oxygen atoms in total. The maximum atomic E-state index is 15.2. The summed E-state index contributed by atoms with van der Waals surface area (Å²) in [5, 5.41) is 18.6. The fourth-order valence-corrected chi connectivity index (χ4v) is 4.28. The standard InChI is InChI=1S/C25H22FN7/c1-25(2,15-27)11-10-16-7-6-9-20-17(16)8-4-5-12-33(20)24-21-18(13-28-14-19(21)26)22-23(29-24)30-31-32(22)3/h6-7,9,13-14H,4-5,8,12H2,1-3H3. The number of nitriles is 1. The highest BCUT2D eigenvalue weighted by atomic mass is 19.1. The normalized spacial score (nSPS) is 13.8. The number of hydrogen-bond acceptors (Lipinski definition) is 6. The van der Waals surface area contributed by atoms with Crippen LogP contribution in [0.3, 0.4) is 0 Å². The predicted molar refractivity (Wildman–Crippen MR) is 124 cm³/mol. The molecule has 0 saturated carbocycles. The number of pyridine rings is 2. The van der Waals surface area contributed by atoms with Crippen LogP contribution in [0.1, 0.15) is 37.8 Å². The minimum absolute atomic E-state index is 0.401. The summed E-state index contributed by atoms with van der Waals surface area (Å²) in [6, 6.07) is 8.17. The first kappa shape index (κ1) is 20.8. The minimum Gasteiger partial charge on any atom is -0.325 e. The van der Waals surface area contributed by atoms with Crippen LogP contribution in [0.15, 0.2) is 30.6 Å². The molecule has 1 aliphatic heterocycles. The molecule has 0 fully saturated rings. The number of aryl methyl sites for hydroxylation is 1. The molecule has 4 aromatic rings. The minimum atomic E-state index is -0.738. The Morgan fingerprint density at radius 1 is 1.18 bits per heavy atom. The first-order chi connectivity index (χ1) is 15.9. The summed E-state index contributed by atoms with van der Waals surface area (Å²) >= 11 is 0. The third kappa shape index (κ3) is 3.54. The van der Waals surface area contributed by atoms with Gasteiger partial charge in [-0.05, 0) is 50.8 Å². The first-order valence-corrected chi connectivity index (χ1v) is 10.9. The molecule has 0 saturated heterocycles. The number of aromatic nitrogens is 5. The van der Waals surface area contributed by atoms with Crippen molar-refractivity contribution in [3.63, 3.8) is 0 Å². The number of halogens is 1. The molecule has 0 atom stereocenters. The Kier molecular flexibility index (Phi) is 4.94. The van der Waals surface area contributed by atoms with Crippen LogP contribution >= 0.6 is 0 Å². The monoisotopic (exact) mass is 439 g/mol. The van der Waals surface area contributed by atoms with Crippen molar-refractivity contribution in [1.29, 1.82) is 5.26 Å². The van der Waals surface area contributed by atoms with Gasteiger partial charge in [0.05, 0.1) is 17.7 Å². The highest BCUT2D eigenvalue weighted by Crippen LogP contribution is 2.39. The Balaban J connectivity index is 1.76. The van der Waals surface area contributed by atoms with Gasteiger partial charge in [-0.1, -0.05) is 23.1 Å². The third-order valence-electron chi connectivity index (χ3n) is 5.94. The van der Waals surface area contributed by atoms with Crippen molar-refractivity contribution >= 4 is 33.4 Å². The number of rotatable bonds is 1. The zero-order chi connectivity index (χ0) is 23.2. The lowest BCUT2D eigenvalue weighted by molar-refractivity contribution is 0.633. The van der Waals surface area contributed by atoms with Crippen LogP contribution in [0.4, 0.5) is 15.9 Å². The Morgan fingerprint density at radius 3 is 2.85 bits per heavy atom. The van der Waals surface area contributed by atoms with Gasteiger partial charge in [-0.15, -0.1) is 5.10 Å². The van der Waals surface area contributed by atoms with E-state index in [4.69, 9.17) is 4.98 Å². The quantitative estimate of drug-likeness (QED) is 0.408. The van der Waals surface area contributed by atoms with Gasteiger partial charge in [0, 0.05) is 36.4 Å². The molecule has 5 rings (SSSR count). The van der Waals surface area contributed by atoms with Gasteiger partial charge in [-0.3, -0.25) is 4.98 Å². The van der Waals surface area contributed by atoms with Gasteiger partial charge >= 0.3 is 0 Å². The molecule has 3 aromatic heterocycles. The molecule has 1 aliphatic rings. The van der Waals surface area contributed by atoms with Gasteiger partial charge in [0.1, 0.15) is 16.7 Å². The van der Waals surface area contributed by atoms with Crippen LogP contribution in [-0.4, -0.2) is 31.5 Å². The second-order valence-corrected chi connectivity index (χ2v) is 8.76. The molecule has 0 N–H and O–H groups in total. The fraction of sp³-hybridized carbons (Fsp3) is 0.320. The summed E-state index contributed by atoms with van der Waals surface area (Å²) in [5.41, 5.74) is 3.27. The van der Waals surface area contributed by atoms with E-state index in [-0.39, 0.29) is 0 Å². The van der Waals surface area contributed by atoms with E-state index in [1.54, 1.807) is 31.8 Å². The van der Waals surface area contributed by atoms with E-state index < -0.39 is 11.2 Å². The highest BCUT2D eigenvalue weighted by molar-refractivity contribution is 6.08. The lowest BCUT2D eigenvalue weighted by Crippen LogP contribution is -2.20. The van der Waals surface area contributed by atoms with E-state index in [0.717, 1.165) is 36.1 Å². The van der Waals surface area contributed by atoms with E-state index in [1.807, 2.05) is 18.2 Å². The molecule has 0 aliphatic carbocycles. The van der Waals surface area contributed by atoms with Crippen molar-refractivity contribution < 1.29 is 4.39 Å². The summed E-state index contributed by atoms with van der Waals surface area (Å²) in [6.45, 7) is 4.29. The lowest BCUT2D eigenvalue weighted by atomic mass is 9.95. The number of fused-ring (bicyclic) bond motifs is 4. The second kappa shape index (κ2) is 7.83. The van der Waals surface area contributed by atoms with Crippen LogP contribution in [0.2, 0.25) is 0 Å². The van der Waals surface area contributed by atoms with Crippen molar-refractivity contribution in [2.75, 3.05) is 11.4 Å². The molecule has 0 spiro atoms. The molecule has 33 heavy (non-hydrogen) atoms. The molecular formula is C25H22FN7. The molecular weight excluding hydrogens is 417 g/mol. The Bertz CT molecular complexity index is 1500. The first-order valence-electron chi connectivity index (χ1n) is 10.9. The number of hydrogen-bond donors (Lipinski definition) is 0. The van der Waals surface area contributed by atoms with Crippen molar-refractivity contribution in [1.82, 2.24) is 25.0 Å². The largest absolute Gasteiger partial charge is 0.325 e. The Hall–Kier alpha value is -4.04. The maximum absolute atomic E-state index is 15.2. The van der Waals surface area contributed by atoms with E-state index in [0.29, 0.717) is 34.3 Å². The molecule has 0 amide bonds. The van der Waals surface area contributed by atoms with Crippen molar-refractivity contribution in [3.8, 4) is 17.9 Å². The van der Waals surface area contributed by atoms with E-state index in [2.05, 4.69) is 38.1 Å². The molecule has 0 bridgehead atoms. The van der Waals surface area contributed by atoms with Gasteiger partial charge in [0.2, 0.25) is 5.65 Å². The number of benzene rings is 1. The Labute approximate surface area is 190 Å². The molecule has 1 aromatic carbocycles. The maximum Gasteiger partial charge on any atom is 0.204 e. The second-order valence-electron chi connectivity index (χ2n) is 8.76. The van der Waals surface area contributed by atoms with Crippen molar-refractivity contribution in [3.05, 3.63) is 47.5 Å². The average molecular weight is 439 g/mol. The zero-order valence-corrected chi connectivity index (χ0v) is 18.7. The molecule has 4 heterocycles. The van der Waals surface area contributed by atoms with Gasteiger partial charge in [0.25, 0.3) is 0 Å².